The van der Waals surface area contributed by atoms with Crippen molar-refractivity contribution in [1.29, 1.82) is 0 Å². The molecule has 1 saturated carbocycles. The Morgan fingerprint density at radius 3 is 2.30 bits per heavy atom. The van der Waals surface area contributed by atoms with Crippen LogP contribution in [0.15, 0.2) is 35.4 Å². The Kier molecular flexibility index (Phi) is 7.43. The number of carbonyl (C=O) groups is 3. The third kappa shape index (κ3) is 4.63. The zero-order valence-corrected chi connectivity index (χ0v) is 17.5. The van der Waals surface area contributed by atoms with E-state index < -0.39 is 29.8 Å². The van der Waals surface area contributed by atoms with E-state index in [1.54, 1.807) is 26.0 Å². The van der Waals surface area contributed by atoms with Crippen molar-refractivity contribution in [3.63, 3.8) is 0 Å². The fourth-order valence-corrected chi connectivity index (χ4v) is 4.16. The number of rotatable bonds is 7. The molecule has 2 aliphatic rings. The van der Waals surface area contributed by atoms with Gasteiger partial charge in [-0.2, -0.15) is 5.10 Å². The molecular formula is C22H29N3O5. The highest BCUT2D eigenvalue weighted by molar-refractivity contribution is 6.46. The van der Waals surface area contributed by atoms with Crippen LogP contribution in [0.2, 0.25) is 0 Å². The van der Waals surface area contributed by atoms with E-state index in [0.29, 0.717) is 5.69 Å². The van der Waals surface area contributed by atoms with Crippen molar-refractivity contribution in [3.05, 3.63) is 30.3 Å². The molecule has 162 valence electrons. The summed E-state index contributed by atoms with van der Waals surface area (Å²) in [6.45, 7) is 3.69. The van der Waals surface area contributed by atoms with Crippen LogP contribution in [0.3, 0.4) is 0 Å². The monoisotopic (exact) mass is 415 g/mol. The number of hydrazone groups is 1. The molecule has 0 spiro atoms. The number of anilines is 1. The number of esters is 2. The molecule has 1 aromatic carbocycles. The van der Waals surface area contributed by atoms with Gasteiger partial charge in [0.15, 0.2) is 0 Å². The normalized spacial score (nSPS) is 23.5. The number of nitrogens with zero attached hydrogens (tertiary/aromatic N) is 2. The van der Waals surface area contributed by atoms with Gasteiger partial charge < -0.3 is 14.4 Å². The molecule has 1 N–H and O–H groups in total. The summed E-state index contributed by atoms with van der Waals surface area (Å²) in [6.07, 6.45) is 4.62. The first-order valence-electron chi connectivity index (χ1n) is 10.6. The summed E-state index contributed by atoms with van der Waals surface area (Å²) in [5.74, 6) is -2.79. The molecule has 2 atom stereocenters. The lowest BCUT2D eigenvalue weighted by molar-refractivity contribution is -0.160. The molecule has 1 heterocycles. The van der Waals surface area contributed by atoms with Gasteiger partial charge in [-0.1, -0.05) is 37.5 Å². The summed E-state index contributed by atoms with van der Waals surface area (Å²) in [7, 11) is 0. The summed E-state index contributed by atoms with van der Waals surface area (Å²) in [5.41, 5.74) is 3.50. The number of hydrogen-bond acceptors (Lipinski definition) is 7. The van der Waals surface area contributed by atoms with E-state index >= 15 is 0 Å². The molecule has 0 bridgehead atoms. The maximum atomic E-state index is 13.4. The Bertz CT molecular complexity index is 789. The number of carbonyl (C=O) groups excluding carboxylic acids is 3. The summed E-state index contributed by atoms with van der Waals surface area (Å²) in [5, 5.41) is 4.26. The van der Waals surface area contributed by atoms with Gasteiger partial charge in [0, 0.05) is 6.04 Å². The zero-order valence-electron chi connectivity index (χ0n) is 17.5. The Morgan fingerprint density at radius 2 is 1.67 bits per heavy atom. The first-order chi connectivity index (χ1) is 14.6. The van der Waals surface area contributed by atoms with Crippen LogP contribution in [0, 0.1) is 5.92 Å². The number of amides is 1. The largest absolute Gasteiger partial charge is 0.465 e. The molecule has 1 aliphatic heterocycles. The molecule has 1 saturated heterocycles. The van der Waals surface area contributed by atoms with E-state index in [-0.39, 0.29) is 25.0 Å². The van der Waals surface area contributed by atoms with Gasteiger partial charge in [-0.25, -0.2) is 4.79 Å². The van der Waals surface area contributed by atoms with Crippen molar-refractivity contribution in [2.24, 2.45) is 11.0 Å². The molecule has 1 aliphatic carbocycles. The van der Waals surface area contributed by atoms with E-state index in [1.807, 2.05) is 18.2 Å². The Labute approximate surface area is 176 Å². The van der Waals surface area contributed by atoms with Crippen LogP contribution in [0.5, 0.6) is 0 Å². The first kappa shape index (κ1) is 21.8. The highest BCUT2D eigenvalue weighted by Crippen LogP contribution is 2.34. The smallest absolute Gasteiger partial charge is 0.330 e. The Hall–Kier alpha value is -2.90. The van der Waals surface area contributed by atoms with E-state index in [9.17, 15) is 14.4 Å². The minimum absolute atomic E-state index is 0.0130. The summed E-state index contributed by atoms with van der Waals surface area (Å²) < 4.78 is 10.5. The average molecular weight is 415 g/mol. The van der Waals surface area contributed by atoms with Crippen molar-refractivity contribution in [2.45, 2.75) is 58.0 Å². The highest BCUT2D eigenvalue weighted by atomic mass is 16.5. The lowest BCUT2D eigenvalue weighted by Gasteiger charge is -2.34. The molecule has 2 fully saturated rings. The van der Waals surface area contributed by atoms with E-state index in [2.05, 4.69) is 10.5 Å². The SMILES string of the molecule is CCOC(=O)C1/C(=N/Nc2ccccc2)C(=O)N(C2CCCCC2)C1C(=O)OCC. The molecule has 3 rings (SSSR count). The molecule has 0 aromatic heterocycles. The van der Waals surface area contributed by atoms with E-state index in [4.69, 9.17) is 9.47 Å². The summed E-state index contributed by atoms with van der Waals surface area (Å²) >= 11 is 0. The topological polar surface area (TPSA) is 97.3 Å². The molecule has 1 amide bonds. The van der Waals surface area contributed by atoms with Gasteiger partial charge in [0.1, 0.15) is 17.7 Å². The molecule has 0 radical (unpaired) electrons. The van der Waals surface area contributed by atoms with Crippen LogP contribution in [-0.4, -0.2) is 53.8 Å². The van der Waals surface area contributed by atoms with Gasteiger partial charge in [0.25, 0.3) is 5.91 Å². The van der Waals surface area contributed by atoms with Crippen LogP contribution >= 0.6 is 0 Å². The number of likely N-dealkylation sites (tertiary alicyclic amines) is 1. The Morgan fingerprint density at radius 1 is 1.03 bits per heavy atom. The molecule has 30 heavy (non-hydrogen) atoms. The highest BCUT2D eigenvalue weighted by Gasteiger charge is 2.56. The second-order valence-corrected chi connectivity index (χ2v) is 7.41. The number of para-hydroxylation sites is 1. The Balaban J connectivity index is 2.00. The van der Waals surface area contributed by atoms with Crippen LogP contribution in [0.1, 0.15) is 46.0 Å². The van der Waals surface area contributed by atoms with Crippen molar-refractivity contribution in [1.82, 2.24) is 4.90 Å². The van der Waals surface area contributed by atoms with Crippen molar-refractivity contribution < 1.29 is 23.9 Å². The van der Waals surface area contributed by atoms with Gasteiger partial charge in [0.05, 0.1) is 18.9 Å². The standard InChI is InChI=1S/C22H29N3O5/c1-3-29-21(27)17-18(24-23-15-11-7-5-8-12-15)20(26)25(16-13-9-6-10-14-16)19(17)22(28)30-4-2/h5,7-8,11-12,16-17,19,23H,3-4,6,9-10,13-14H2,1-2H3/b24-18-. The fraction of sp³-hybridized carbons (Fsp3) is 0.545. The predicted molar refractivity (Wildman–Crippen MR) is 112 cm³/mol. The van der Waals surface area contributed by atoms with Gasteiger partial charge in [-0.15, -0.1) is 0 Å². The van der Waals surface area contributed by atoms with Crippen LogP contribution in [0.25, 0.3) is 0 Å². The number of benzene rings is 1. The maximum absolute atomic E-state index is 13.4. The average Bonchev–Trinajstić information content (AvgIpc) is 3.06. The number of hydrogen-bond donors (Lipinski definition) is 1. The summed E-state index contributed by atoms with van der Waals surface area (Å²) in [4.78, 5) is 40.6. The minimum atomic E-state index is -1.13. The third-order valence-corrected chi connectivity index (χ3v) is 5.48. The van der Waals surface area contributed by atoms with Gasteiger partial charge in [-0.05, 0) is 38.8 Å². The van der Waals surface area contributed by atoms with Crippen molar-refractivity contribution >= 4 is 29.2 Å². The van der Waals surface area contributed by atoms with E-state index in [1.165, 1.54) is 4.90 Å². The third-order valence-electron chi connectivity index (χ3n) is 5.48. The zero-order chi connectivity index (χ0) is 21.5. The summed E-state index contributed by atoms with van der Waals surface area (Å²) in [6, 6.07) is 7.93. The van der Waals surface area contributed by atoms with Gasteiger partial charge in [0.2, 0.25) is 0 Å². The number of nitrogens with one attached hydrogen (secondary N) is 1. The first-order valence-corrected chi connectivity index (χ1v) is 10.6. The predicted octanol–water partition coefficient (Wildman–Crippen LogP) is 2.74. The minimum Gasteiger partial charge on any atom is -0.465 e. The molecule has 2 unspecified atom stereocenters. The quantitative estimate of drug-likeness (QED) is 0.543. The lowest BCUT2D eigenvalue weighted by Crippen LogP contribution is -2.50. The molecule has 8 nitrogen and oxygen atoms in total. The van der Waals surface area contributed by atoms with Crippen LogP contribution in [0.4, 0.5) is 5.69 Å². The lowest BCUT2D eigenvalue weighted by atomic mass is 9.92. The molecule has 1 aromatic rings. The van der Waals surface area contributed by atoms with Gasteiger partial charge in [-0.3, -0.25) is 15.0 Å². The van der Waals surface area contributed by atoms with Gasteiger partial charge >= 0.3 is 11.9 Å². The van der Waals surface area contributed by atoms with Crippen molar-refractivity contribution in [2.75, 3.05) is 18.6 Å². The maximum Gasteiger partial charge on any atom is 0.330 e. The van der Waals surface area contributed by atoms with Crippen LogP contribution in [-0.2, 0) is 23.9 Å². The van der Waals surface area contributed by atoms with E-state index in [0.717, 1.165) is 32.1 Å². The molecule has 8 heteroatoms. The second kappa shape index (κ2) is 10.2. The number of ether oxygens (including phenoxy) is 2. The van der Waals surface area contributed by atoms with Crippen LogP contribution < -0.4 is 5.43 Å². The van der Waals surface area contributed by atoms with Crippen molar-refractivity contribution in [3.8, 4) is 0 Å². The fourth-order valence-electron chi connectivity index (χ4n) is 4.16. The second-order valence-electron chi connectivity index (χ2n) is 7.41. The molecular weight excluding hydrogens is 386 g/mol.